The summed E-state index contributed by atoms with van der Waals surface area (Å²) in [5.41, 5.74) is 1.24. The first-order chi connectivity index (χ1) is 9.76. The zero-order valence-electron chi connectivity index (χ0n) is 12.8. The monoisotopic (exact) mass is 299 g/mol. The highest BCUT2D eigenvalue weighted by Gasteiger charge is 2.10. The maximum absolute atomic E-state index is 5.36. The lowest BCUT2D eigenvalue weighted by Crippen LogP contribution is -2.15. The van der Waals surface area contributed by atoms with Crippen LogP contribution in [0.1, 0.15) is 18.4 Å². The molecule has 1 N–H and O–H groups in total. The van der Waals surface area contributed by atoms with Gasteiger partial charge in [0.15, 0.2) is 11.5 Å². The molecule has 0 aromatic heterocycles. The number of rotatable bonds is 10. The largest absolute Gasteiger partial charge is 0.493 e. The van der Waals surface area contributed by atoms with Gasteiger partial charge in [-0.25, -0.2) is 0 Å². The van der Waals surface area contributed by atoms with Crippen LogP contribution in [-0.2, 0) is 11.3 Å². The maximum atomic E-state index is 5.36. The number of thioether (sulfide) groups is 1. The van der Waals surface area contributed by atoms with Gasteiger partial charge < -0.3 is 19.5 Å². The number of benzene rings is 1. The van der Waals surface area contributed by atoms with Crippen LogP contribution in [0.25, 0.3) is 0 Å². The van der Waals surface area contributed by atoms with Crippen molar-refractivity contribution in [3.63, 3.8) is 0 Å². The minimum absolute atomic E-state index is 0.778. The SMILES string of the molecule is COCCCCNCc1cc(OC)c(OC)cc1SC. The van der Waals surface area contributed by atoms with Gasteiger partial charge in [-0.3, -0.25) is 0 Å². The van der Waals surface area contributed by atoms with E-state index in [2.05, 4.69) is 11.6 Å². The highest BCUT2D eigenvalue weighted by molar-refractivity contribution is 7.98. The smallest absolute Gasteiger partial charge is 0.161 e. The van der Waals surface area contributed by atoms with Crippen LogP contribution >= 0.6 is 11.8 Å². The zero-order chi connectivity index (χ0) is 14.8. The number of hydrogen-bond donors (Lipinski definition) is 1. The summed E-state index contributed by atoms with van der Waals surface area (Å²) in [6.45, 7) is 2.66. The van der Waals surface area contributed by atoms with Crippen LogP contribution in [-0.4, -0.2) is 40.7 Å². The molecule has 114 valence electrons. The van der Waals surface area contributed by atoms with Gasteiger partial charge in [0.05, 0.1) is 14.2 Å². The predicted molar refractivity (Wildman–Crippen MR) is 84.1 cm³/mol. The van der Waals surface area contributed by atoms with Crippen molar-refractivity contribution < 1.29 is 14.2 Å². The second-order valence-corrected chi connectivity index (χ2v) is 5.24. The summed E-state index contributed by atoms with van der Waals surface area (Å²) in [6.07, 6.45) is 4.28. The molecule has 5 heteroatoms. The van der Waals surface area contributed by atoms with Crippen molar-refractivity contribution in [1.29, 1.82) is 0 Å². The van der Waals surface area contributed by atoms with Gasteiger partial charge in [0.25, 0.3) is 0 Å². The molecule has 0 heterocycles. The molecule has 1 aromatic carbocycles. The molecule has 0 radical (unpaired) electrons. The third-order valence-corrected chi connectivity index (χ3v) is 3.87. The van der Waals surface area contributed by atoms with E-state index in [0.29, 0.717) is 0 Å². The Morgan fingerprint density at radius 1 is 1.05 bits per heavy atom. The van der Waals surface area contributed by atoms with Gasteiger partial charge in [-0.2, -0.15) is 0 Å². The van der Waals surface area contributed by atoms with Crippen molar-refractivity contribution in [3.8, 4) is 11.5 Å². The number of hydrogen-bond acceptors (Lipinski definition) is 5. The zero-order valence-corrected chi connectivity index (χ0v) is 13.6. The first kappa shape index (κ1) is 17.1. The average molecular weight is 299 g/mol. The Morgan fingerprint density at radius 3 is 2.35 bits per heavy atom. The molecule has 0 aliphatic rings. The number of methoxy groups -OCH3 is 3. The standard InChI is InChI=1S/C15H25NO3S/c1-17-8-6-5-7-16-11-12-9-13(18-2)14(19-3)10-15(12)20-4/h9-10,16H,5-8,11H2,1-4H3. The second kappa shape index (κ2) is 9.91. The van der Waals surface area contributed by atoms with Crippen molar-refractivity contribution in [2.24, 2.45) is 0 Å². The number of nitrogens with one attached hydrogen (secondary N) is 1. The van der Waals surface area contributed by atoms with Gasteiger partial charge in [0, 0.05) is 25.2 Å². The summed E-state index contributed by atoms with van der Waals surface area (Å²) in [6, 6.07) is 4.08. The van der Waals surface area contributed by atoms with E-state index in [1.54, 1.807) is 33.1 Å². The lowest BCUT2D eigenvalue weighted by atomic mass is 10.2. The van der Waals surface area contributed by atoms with Gasteiger partial charge >= 0.3 is 0 Å². The molecule has 0 amide bonds. The topological polar surface area (TPSA) is 39.7 Å². The third-order valence-electron chi connectivity index (χ3n) is 3.05. The van der Waals surface area contributed by atoms with Crippen LogP contribution < -0.4 is 14.8 Å². The van der Waals surface area contributed by atoms with E-state index in [1.165, 1.54) is 10.5 Å². The van der Waals surface area contributed by atoms with Crippen molar-refractivity contribution in [1.82, 2.24) is 5.32 Å². The Hall–Kier alpha value is -0.910. The first-order valence-corrected chi connectivity index (χ1v) is 7.97. The molecule has 20 heavy (non-hydrogen) atoms. The van der Waals surface area contributed by atoms with Gasteiger partial charge in [-0.05, 0) is 43.3 Å². The van der Waals surface area contributed by atoms with Crippen LogP contribution in [0.5, 0.6) is 11.5 Å². The Morgan fingerprint density at radius 2 is 1.75 bits per heavy atom. The summed E-state index contributed by atoms with van der Waals surface area (Å²) in [4.78, 5) is 1.21. The molecule has 0 aliphatic heterocycles. The van der Waals surface area contributed by atoms with E-state index in [1.807, 2.05) is 12.1 Å². The Balaban J connectivity index is 2.59. The van der Waals surface area contributed by atoms with Crippen LogP contribution in [0.3, 0.4) is 0 Å². The molecule has 0 fully saturated rings. The number of unbranched alkanes of at least 4 members (excludes halogenated alkanes) is 1. The molecule has 0 saturated carbocycles. The van der Waals surface area contributed by atoms with Crippen LogP contribution in [0, 0.1) is 0 Å². The van der Waals surface area contributed by atoms with Crippen molar-refractivity contribution in [2.75, 3.05) is 40.7 Å². The van der Waals surface area contributed by atoms with E-state index in [4.69, 9.17) is 14.2 Å². The average Bonchev–Trinajstić information content (AvgIpc) is 2.49. The second-order valence-electron chi connectivity index (χ2n) is 4.40. The molecule has 0 aliphatic carbocycles. The van der Waals surface area contributed by atoms with Crippen molar-refractivity contribution in [2.45, 2.75) is 24.3 Å². The Bertz CT molecular complexity index is 399. The molecule has 0 spiro atoms. The molecule has 1 aromatic rings. The fourth-order valence-electron chi connectivity index (χ4n) is 1.95. The molecule has 4 nitrogen and oxygen atoms in total. The van der Waals surface area contributed by atoms with Gasteiger partial charge in [-0.15, -0.1) is 11.8 Å². The van der Waals surface area contributed by atoms with Crippen LogP contribution in [0.4, 0.5) is 0 Å². The third kappa shape index (κ3) is 5.23. The van der Waals surface area contributed by atoms with Crippen molar-refractivity contribution in [3.05, 3.63) is 17.7 Å². The van der Waals surface area contributed by atoms with E-state index in [0.717, 1.165) is 44.0 Å². The summed E-state index contributed by atoms with van der Waals surface area (Å²) in [5, 5.41) is 3.46. The van der Waals surface area contributed by atoms with Crippen LogP contribution in [0.2, 0.25) is 0 Å². The molecule has 0 unspecified atom stereocenters. The van der Waals surface area contributed by atoms with Gasteiger partial charge in [-0.1, -0.05) is 0 Å². The Labute approximate surface area is 126 Å². The van der Waals surface area contributed by atoms with Gasteiger partial charge in [0.1, 0.15) is 0 Å². The minimum Gasteiger partial charge on any atom is -0.493 e. The van der Waals surface area contributed by atoms with E-state index in [9.17, 15) is 0 Å². The maximum Gasteiger partial charge on any atom is 0.161 e. The molecule has 0 bridgehead atoms. The fraction of sp³-hybridized carbons (Fsp3) is 0.600. The minimum atomic E-state index is 0.778. The van der Waals surface area contributed by atoms with Crippen molar-refractivity contribution >= 4 is 11.8 Å². The highest BCUT2D eigenvalue weighted by atomic mass is 32.2. The number of ether oxygens (including phenoxy) is 3. The molecule has 1 rings (SSSR count). The summed E-state index contributed by atoms with van der Waals surface area (Å²) >= 11 is 1.72. The molecular weight excluding hydrogens is 274 g/mol. The van der Waals surface area contributed by atoms with Gasteiger partial charge in [0.2, 0.25) is 0 Å². The summed E-state index contributed by atoms with van der Waals surface area (Å²) < 4.78 is 15.7. The first-order valence-electron chi connectivity index (χ1n) is 6.75. The predicted octanol–water partition coefficient (Wildman–Crippen LogP) is 2.94. The lowest BCUT2D eigenvalue weighted by molar-refractivity contribution is 0.192. The fourth-order valence-corrected chi connectivity index (χ4v) is 2.57. The van der Waals surface area contributed by atoms with E-state index < -0.39 is 0 Å². The summed E-state index contributed by atoms with van der Waals surface area (Å²) in [5.74, 6) is 1.56. The van der Waals surface area contributed by atoms with E-state index in [-0.39, 0.29) is 0 Å². The normalized spacial score (nSPS) is 10.6. The Kier molecular flexibility index (Phi) is 8.49. The lowest BCUT2D eigenvalue weighted by Gasteiger charge is -2.14. The quantitative estimate of drug-likeness (QED) is 0.531. The molecular formula is C15H25NO3S. The highest BCUT2D eigenvalue weighted by Crippen LogP contribution is 2.34. The molecule has 0 atom stereocenters. The van der Waals surface area contributed by atoms with E-state index >= 15 is 0 Å². The summed E-state index contributed by atoms with van der Waals surface area (Å²) in [7, 11) is 5.07. The molecule has 0 saturated heterocycles. The van der Waals surface area contributed by atoms with Crippen LogP contribution in [0.15, 0.2) is 17.0 Å².